The summed E-state index contributed by atoms with van der Waals surface area (Å²) in [6, 6.07) is 8.55. The predicted molar refractivity (Wildman–Crippen MR) is 86.9 cm³/mol. The third-order valence-electron chi connectivity index (χ3n) is 3.91. The van der Waals surface area contributed by atoms with Crippen molar-refractivity contribution < 1.29 is 4.74 Å². The van der Waals surface area contributed by atoms with Crippen LogP contribution in [-0.4, -0.2) is 12.7 Å². The summed E-state index contributed by atoms with van der Waals surface area (Å²) < 4.78 is 5.87. The quantitative estimate of drug-likeness (QED) is 0.633. The number of aryl methyl sites for hydroxylation is 1. The zero-order valence-corrected chi connectivity index (χ0v) is 13.4. The van der Waals surface area contributed by atoms with Gasteiger partial charge in [0.2, 0.25) is 0 Å². The number of hydrogen-bond acceptors (Lipinski definition) is 2. The first-order chi connectivity index (χ1) is 9.69. The average Bonchev–Trinajstić information content (AvgIpc) is 2.50. The third-order valence-corrected chi connectivity index (χ3v) is 3.91. The van der Waals surface area contributed by atoms with Gasteiger partial charge in [0.15, 0.2) is 0 Å². The molecule has 2 heteroatoms. The second kappa shape index (κ2) is 9.95. The van der Waals surface area contributed by atoms with Gasteiger partial charge in [-0.3, -0.25) is 0 Å². The molecule has 1 rings (SSSR count). The van der Waals surface area contributed by atoms with Crippen molar-refractivity contribution >= 4 is 0 Å². The molecule has 0 aliphatic heterocycles. The Balaban J connectivity index is 2.28. The molecule has 2 N–H and O–H groups in total. The van der Waals surface area contributed by atoms with Crippen LogP contribution in [0.25, 0.3) is 0 Å². The van der Waals surface area contributed by atoms with Crippen LogP contribution in [0.1, 0.15) is 70.0 Å². The molecule has 0 spiro atoms. The molecule has 0 heterocycles. The maximum Gasteiger partial charge on any atom is 0.0739 e. The van der Waals surface area contributed by atoms with E-state index in [-0.39, 0.29) is 12.1 Å². The lowest BCUT2D eigenvalue weighted by atomic mass is 10.0. The van der Waals surface area contributed by atoms with E-state index in [1.165, 1.54) is 36.8 Å². The summed E-state index contributed by atoms with van der Waals surface area (Å²) in [5.41, 5.74) is 8.79. The highest BCUT2D eigenvalue weighted by atomic mass is 16.5. The first-order valence-corrected chi connectivity index (χ1v) is 8.15. The minimum Gasteiger partial charge on any atom is -0.377 e. The highest BCUT2D eigenvalue weighted by molar-refractivity contribution is 5.25. The molecule has 20 heavy (non-hydrogen) atoms. The van der Waals surface area contributed by atoms with Crippen LogP contribution in [0.5, 0.6) is 0 Å². The maximum absolute atomic E-state index is 6.27. The van der Waals surface area contributed by atoms with Crippen LogP contribution >= 0.6 is 0 Å². The second-order valence-electron chi connectivity index (χ2n) is 5.61. The molecule has 0 bridgehead atoms. The highest BCUT2D eigenvalue weighted by Crippen LogP contribution is 2.18. The third kappa shape index (κ3) is 6.06. The fraction of sp³-hybridized carbons (Fsp3) is 0.667. The van der Waals surface area contributed by atoms with Crippen molar-refractivity contribution in [2.45, 2.75) is 71.4 Å². The molecule has 0 radical (unpaired) electrons. The SMILES string of the molecule is CCCCCCCOC(C)C(N)c1ccc(CC)cc1. The number of rotatable bonds is 10. The first kappa shape index (κ1) is 17.2. The molecule has 2 atom stereocenters. The molecule has 0 saturated carbocycles. The molecule has 0 fully saturated rings. The van der Waals surface area contributed by atoms with Crippen molar-refractivity contribution in [2.24, 2.45) is 5.73 Å². The average molecular weight is 277 g/mol. The molecule has 1 aromatic carbocycles. The van der Waals surface area contributed by atoms with Crippen molar-refractivity contribution in [2.75, 3.05) is 6.61 Å². The summed E-state index contributed by atoms with van der Waals surface area (Å²) in [7, 11) is 0. The van der Waals surface area contributed by atoms with Crippen LogP contribution in [0, 0.1) is 0 Å². The van der Waals surface area contributed by atoms with Crippen LogP contribution < -0.4 is 5.73 Å². The molecule has 0 aromatic heterocycles. The molecule has 1 aromatic rings. The zero-order chi connectivity index (χ0) is 14.8. The minimum absolute atomic E-state index is 0.0310. The zero-order valence-electron chi connectivity index (χ0n) is 13.4. The number of benzene rings is 1. The minimum atomic E-state index is -0.0310. The Labute approximate surface area is 124 Å². The van der Waals surface area contributed by atoms with Gasteiger partial charge in [-0.05, 0) is 30.9 Å². The number of nitrogens with two attached hydrogens (primary N) is 1. The summed E-state index contributed by atoms with van der Waals surface area (Å²) in [5.74, 6) is 0. The molecular weight excluding hydrogens is 246 g/mol. The van der Waals surface area contributed by atoms with Gasteiger partial charge >= 0.3 is 0 Å². The van der Waals surface area contributed by atoms with Gasteiger partial charge in [0.1, 0.15) is 0 Å². The smallest absolute Gasteiger partial charge is 0.0739 e. The Bertz CT molecular complexity index is 347. The molecule has 114 valence electrons. The van der Waals surface area contributed by atoms with E-state index >= 15 is 0 Å². The summed E-state index contributed by atoms with van der Waals surface area (Å²) in [6.45, 7) is 7.30. The van der Waals surface area contributed by atoms with Gasteiger partial charge in [-0.15, -0.1) is 0 Å². The van der Waals surface area contributed by atoms with Gasteiger partial charge in [0.25, 0.3) is 0 Å². The largest absolute Gasteiger partial charge is 0.377 e. The van der Waals surface area contributed by atoms with E-state index in [1.54, 1.807) is 0 Å². The monoisotopic (exact) mass is 277 g/mol. The van der Waals surface area contributed by atoms with Gasteiger partial charge in [-0.25, -0.2) is 0 Å². The van der Waals surface area contributed by atoms with Gasteiger partial charge in [-0.1, -0.05) is 63.8 Å². The van der Waals surface area contributed by atoms with Gasteiger partial charge < -0.3 is 10.5 Å². The highest BCUT2D eigenvalue weighted by Gasteiger charge is 2.15. The summed E-state index contributed by atoms with van der Waals surface area (Å²) >= 11 is 0. The van der Waals surface area contributed by atoms with Crippen molar-refractivity contribution in [1.82, 2.24) is 0 Å². The van der Waals surface area contributed by atoms with E-state index in [0.29, 0.717) is 0 Å². The van der Waals surface area contributed by atoms with Gasteiger partial charge in [-0.2, -0.15) is 0 Å². The Hall–Kier alpha value is -0.860. The number of hydrogen-bond donors (Lipinski definition) is 1. The Kier molecular flexibility index (Phi) is 8.56. The van der Waals surface area contributed by atoms with Crippen LogP contribution in [0.15, 0.2) is 24.3 Å². The number of unbranched alkanes of at least 4 members (excludes halogenated alkanes) is 4. The van der Waals surface area contributed by atoms with E-state index in [4.69, 9.17) is 10.5 Å². The van der Waals surface area contributed by atoms with Crippen LogP contribution in [0.2, 0.25) is 0 Å². The van der Waals surface area contributed by atoms with Crippen molar-refractivity contribution in [3.63, 3.8) is 0 Å². The fourth-order valence-electron chi connectivity index (χ4n) is 2.33. The molecule has 0 aliphatic carbocycles. The lowest BCUT2D eigenvalue weighted by Gasteiger charge is -2.21. The summed E-state index contributed by atoms with van der Waals surface area (Å²) in [5, 5.41) is 0. The normalized spacial score (nSPS) is 14.2. The Morgan fingerprint density at radius 3 is 2.25 bits per heavy atom. The van der Waals surface area contributed by atoms with E-state index in [0.717, 1.165) is 19.4 Å². The van der Waals surface area contributed by atoms with Crippen molar-refractivity contribution in [3.05, 3.63) is 35.4 Å². The summed E-state index contributed by atoms with van der Waals surface area (Å²) in [6.07, 6.45) is 7.49. The van der Waals surface area contributed by atoms with Gasteiger partial charge in [0.05, 0.1) is 12.1 Å². The van der Waals surface area contributed by atoms with Crippen LogP contribution in [0.3, 0.4) is 0 Å². The van der Waals surface area contributed by atoms with Crippen LogP contribution in [0.4, 0.5) is 0 Å². The molecule has 2 unspecified atom stereocenters. The molecule has 0 amide bonds. The topological polar surface area (TPSA) is 35.2 Å². The van der Waals surface area contributed by atoms with E-state index in [2.05, 4.69) is 45.0 Å². The molecule has 2 nitrogen and oxygen atoms in total. The van der Waals surface area contributed by atoms with E-state index in [9.17, 15) is 0 Å². The van der Waals surface area contributed by atoms with Crippen LogP contribution in [-0.2, 0) is 11.2 Å². The van der Waals surface area contributed by atoms with E-state index < -0.39 is 0 Å². The molecule has 0 saturated heterocycles. The standard InChI is InChI=1S/C18H31NO/c1-4-6-7-8-9-14-20-15(3)18(19)17-12-10-16(5-2)11-13-17/h10-13,15,18H,4-9,14,19H2,1-3H3. The maximum atomic E-state index is 6.27. The second-order valence-corrected chi connectivity index (χ2v) is 5.61. The fourth-order valence-corrected chi connectivity index (χ4v) is 2.33. The van der Waals surface area contributed by atoms with E-state index in [1.807, 2.05) is 0 Å². The van der Waals surface area contributed by atoms with Gasteiger partial charge in [0, 0.05) is 6.61 Å². The lowest BCUT2D eigenvalue weighted by Crippen LogP contribution is -2.26. The first-order valence-electron chi connectivity index (χ1n) is 8.15. The number of ether oxygens (including phenoxy) is 1. The Morgan fingerprint density at radius 2 is 1.65 bits per heavy atom. The summed E-state index contributed by atoms with van der Waals surface area (Å²) in [4.78, 5) is 0. The van der Waals surface area contributed by atoms with Crippen molar-refractivity contribution in [3.8, 4) is 0 Å². The molecular formula is C18H31NO. The Morgan fingerprint density at radius 1 is 1.00 bits per heavy atom. The predicted octanol–water partition coefficient (Wildman–Crippen LogP) is 4.62. The van der Waals surface area contributed by atoms with Crippen molar-refractivity contribution in [1.29, 1.82) is 0 Å². The lowest BCUT2D eigenvalue weighted by molar-refractivity contribution is 0.0455. The molecule has 0 aliphatic rings.